The highest BCUT2D eigenvalue weighted by atomic mass is 32.2. The third-order valence-electron chi connectivity index (χ3n) is 3.84. The molecule has 3 rings (SSSR count). The van der Waals surface area contributed by atoms with Gasteiger partial charge in [0.15, 0.2) is 9.84 Å². The van der Waals surface area contributed by atoms with Crippen LogP contribution in [-0.4, -0.2) is 30.7 Å². The van der Waals surface area contributed by atoms with Crippen molar-refractivity contribution in [2.75, 3.05) is 11.6 Å². The van der Waals surface area contributed by atoms with Crippen molar-refractivity contribution in [3.63, 3.8) is 0 Å². The van der Waals surface area contributed by atoms with E-state index < -0.39 is 9.84 Å². The highest BCUT2D eigenvalue weighted by Gasteiger charge is 2.11. The van der Waals surface area contributed by atoms with Crippen LogP contribution in [0.1, 0.15) is 18.9 Å². The lowest BCUT2D eigenvalue weighted by molar-refractivity contribution is 0.601. The smallest absolute Gasteiger partial charge is 0.176 e. The van der Waals surface area contributed by atoms with Crippen molar-refractivity contribution in [3.8, 4) is 11.8 Å². The minimum absolute atomic E-state index is 0.0474. The van der Waals surface area contributed by atoms with Gasteiger partial charge in [0.1, 0.15) is 12.1 Å². The van der Waals surface area contributed by atoms with Gasteiger partial charge in [-0.3, -0.25) is 0 Å². The lowest BCUT2D eigenvalue weighted by atomic mass is 10.2. The maximum Gasteiger partial charge on any atom is 0.176 e. The second-order valence-electron chi connectivity index (χ2n) is 6.06. The molecule has 6 heteroatoms. The monoisotopic (exact) mass is 365 g/mol. The second-order valence-corrected chi connectivity index (χ2v) is 8.04. The molecule has 0 spiro atoms. The Balaban J connectivity index is 1.75. The van der Waals surface area contributed by atoms with Crippen molar-refractivity contribution < 1.29 is 8.42 Å². The van der Waals surface area contributed by atoms with E-state index in [2.05, 4.69) is 27.1 Å². The molecule has 0 bridgehead atoms. The number of sulfone groups is 1. The minimum Gasteiger partial charge on any atom is -0.366 e. The number of hydrogen-bond acceptors (Lipinski definition) is 5. The Kier molecular flexibility index (Phi) is 5.19. The highest BCUT2D eigenvalue weighted by Crippen LogP contribution is 2.19. The summed E-state index contributed by atoms with van der Waals surface area (Å²) in [7, 11) is -3.29. The van der Waals surface area contributed by atoms with E-state index in [1.165, 1.54) is 12.6 Å². The van der Waals surface area contributed by atoms with E-state index in [4.69, 9.17) is 0 Å². The first-order chi connectivity index (χ1) is 12.4. The van der Waals surface area contributed by atoms with Crippen molar-refractivity contribution in [1.29, 1.82) is 0 Å². The van der Waals surface area contributed by atoms with Crippen LogP contribution in [0.25, 0.3) is 10.9 Å². The van der Waals surface area contributed by atoms with Crippen molar-refractivity contribution in [1.82, 2.24) is 9.97 Å². The molecule has 1 atom stereocenters. The molecule has 0 aliphatic carbocycles. The minimum atomic E-state index is -3.29. The quantitative estimate of drug-likeness (QED) is 0.719. The van der Waals surface area contributed by atoms with Crippen LogP contribution in [0.3, 0.4) is 0 Å². The second kappa shape index (κ2) is 7.54. The molecule has 0 radical (unpaired) electrons. The fourth-order valence-corrected chi connectivity index (χ4v) is 3.44. The molecule has 1 aromatic heterocycles. The number of fused-ring (bicyclic) bond motifs is 1. The third-order valence-corrected chi connectivity index (χ3v) is 5.00. The van der Waals surface area contributed by atoms with Crippen LogP contribution in [0.4, 0.5) is 5.82 Å². The fraction of sp³-hybridized carbons (Fsp3) is 0.200. The fourth-order valence-electron chi connectivity index (χ4n) is 2.60. The lowest BCUT2D eigenvalue weighted by Crippen LogP contribution is -2.15. The van der Waals surface area contributed by atoms with E-state index in [1.807, 2.05) is 31.2 Å². The topological polar surface area (TPSA) is 72.0 Å². The average molecular weight is 365 g/mol. The standard InChI is InChI=1S/C20H19N3O2S/c1-15(23-20-17-11-4-5-12-18(17)21-14-22-20)8-7-10-16-9-3-6-13-19(16)26(2,24)25/h3-6,9,11-15H,8H2,1-2H3,(H,21,22,23). The maximum atomic E-state index is 11.8. The molecular weight excluding hydrogens is 346 g/mol. The summed E-state index contributed by atoms with van der Waals surface area (Å²) in [5.41, 5.74) is 1.40. The SMILES string of the molecule is CC(CC#Cc1ccccc1S(C)(=O)=O)Nc1ncnc2ccccc12. The number of aromatic nitrogens is 2. The third kappa shape index (κ3) is 4.19. The van der Waals surface area contributed by atoms with Gasteiger partial charge in [0.25, 0.3) is 0 Å². The molecule has 1 heterocycles. The Morgan fingerprint density at radius 2 is 1.81 bits per heavy atom. The Hall–Kier alpha value is -2.91. The van der Waals surface area contributed by atoms with E-state index >= 15 is 0 Å². The van der Waals surface area contributed by atoms with Crippen molar-refractivity contribution in [2.24, 2.45) is 0 Å². The molecule has 0 aliphatic rings. The summed E-state index contributed by atoms with van der Waals surface area (Å²) in [6, 6.07) is 14.6. The van der Waals surface area contributed by atoms with Crippen LogP contribution in [-0.2, 0) is 9.84 Å². The van der Waals surface area contributed by atoms with E-state index in [0.717, 1.165) is 16.7 Å². The van der Waals surface area contributed by atoms with Crippen LogP contribution in [0.5, 0.6) is 0 Å². The molecule has 26 heavy (non-hydrogen) atoms. The summed E-state index contributed by atoms with van der Waals surface area (Å²) in [5, 5.41) is 4.30. The van der Waals surface area contributed by atoms with Gasteiger partial charge >= 0.3 is 0 Å². The summed E-state index contributed by atoms with van der Waals surface area (Å²) < 4.78 is 23.6. The number of nitrogens with one attached hydrogen (secondary N) is 1. The first-order valence-corrected chi connectivity index (χ1v) is 10.1. The summed E-state index contributed by atoms with van der Waals surface area (Å²) in [6.45, 7) is 2.01. The van der Waals surface area contributed by atoms with Gasteiger partial charge in [-0.2, -0.15) is 0 Å². The Labute approximate surface area is 153 Å². The molecule has 0 fully saturated rings. The number of para-hydroxylation sites is 1. The molecular formula is C20H19N3O2S. The molecule has 2 aromatic carbocycles. The molecule has 132 valence electrons. The van der Waals surface area contributed by atoms with Gasteiger partial charge in [-0.1, -0.05) is 36.1 Å². The molecule has 3 aromatic rings. The van der Waals surface area contributed by atoms with E-state index in [1.54, 1.807) is 24.3 Å². The average Bonchev–Trinajstić information content (AvgIpc) is 2.62. The van der Waals surface area contributed by atoms with Gasteiger partial charge in [-0.05, 0) is 31.2 Å². The number of nitrogens with zero attached hydrogens (tertiary/aromatic N) is 2. The molecule has 0 saturated carbocycles. The Morgan fingerprint density at radius 3 is 2.62 bits per heavy atom. The maximum absolute atomic E-state index is 11.8. The van der Waals surface area contributed by atoms with Crippen molar-refractivity contribution >= 4 is 26.6 Å². The van der Waals surface area contributed by atoms with Crippen LogP contribution in [0.15, 0.2) is 59.8 Å². The molecule has 1 N–H and O–H groups in total. The molecule has 0 aliphatic heterocycles. The molecule has 1 unspecified atom stereocenters. The number of rotatable bonds is 4. The van der Waals surface area contributed by atoms with E-state index in [-0.39, 0.29) is 10.9 Å². The molecule has 5 nitrogen and oxygen atoms in total. The largest absolute Gasteiger partial charge is 0.366 e. The van der Waals surface area contributed by atoms with Crippen LogP contribution >= 0.6 is 0 Å². The first-order valence-electron chi connectivity index (χ1n) is 8.19. The van der Waals surface area contributed by atoms with Gasteiger partial charge in [0.2, 0.25) is 0 Å². The first kappa shape index (κ1) is 17.9. The number of benzene rings is 2. The zero-order valence-corrected chi connectivity index (χ0v) is 15.4. The lowest BCUT2D eigenvalue weighted by Gasteiger charge is -2.13. The van der Waals surface area contributed by atoms with Crippen molar-refractivity contribution in [3.05, 3.63) is 60.4 Å². The predicted octanol–water partition coefficient (Wildman–Crippen LogP) is 3.28. The number of hydrogen-bond donors (Lipinski definition) is 1. The van der Waals surface area contributed by atoms with Gasteiger partial charge in [0, 0.05) is 29.7 Å². The summed E-state index contributed by atoms with van der Waals surface area (Å²) in [5.74, 6) is 6.80. The zero-order chi connectivity index (χ0) is 18.6. The summed E-state index contributed by atoms with van der Waals surface area (Å²) >= 11 is 0. The predicted molar refractivity (Wildman–Crippen MR) is 104 cm³/mol. The Morgan fingerprint density at radius 1 is 1.08 bits per heavy atom. The summed E-state index contributed by atoms with van der Waals surface area (Å²) in [6.07, 6.45) is 3.28. The number of anilines is 1. The zero-order valence-electron chi connectivity index (χ0n) is 14.6. The summed E-state index contributed by atoms with van der Waals surface area (Å²) in [4.78, 5) is 8.82. The Bertz CT molecular complexity index is 1090. The van der Waals surface area contributed by atoms with Gasteiger partial charge in [-0.25, -0.2) is 18.4 Å². The van der Waals surface area contributed by atoms with Gasteiger partial charge < -0.3 is 5.32 Å². The molecule has 0 saturated heterocycles. The van der Waals surface area contributed by atoms with Crippen molar-refractivity contribution in [2.45, 2.75) is 24.3 Å². The van der Waals surface area contributed by atoms with Crippen LogP contribution in [0, 0.1) is 11.8 Å². The van der Waals surface area contributed by atoms with Gasteiger partial charge in [0.05, 0.1) is 10.4 Å². The molecule has 0 amide bonds. The van der Waals surface area contributed by atoms with Gasteiger partial charge in [-0.15, -0.1) is 0 Å². The van der Waals surface area contributed by atoms with Crippen LogP contribution < -0.4 is 5.32 Å². The van der Waals surface area contributed by atoms with Crippen LogP contribution in [0.2, 0.25) is 0 Å². The van der Waals surface area contributed by atoms with E-state index in [9.17, 15) is 8.42 Å². The normalized spacial score (nSPS) is 12.2. The van der Waals surface area contributed by atoms with E-state index in [0.29, 0.717) is 12.0 Å². The highest BCUT2D eigenvalue weighted by molar-refractivity contribution is 7.90.